The number of hydrogen-bond acceptors (Lipinski definition) is 3. The van der Waals surface area contributed by atoms with Crippen molar-refractivity contribution in [2.45, 2.75) is 63.2 Å². The zero-order valence-corrected chi connectivity index (χ0v) is 12.0. The molecule has 3 heteroatoms. The van der Waals surface area contributed by atoms with Crippen molar-refractivity contribution >= 4 is 5.69 Å². The number of para-hydroxylation sites is 1. The van der Waals surface area contributed by atoms with Gasteiger partial charge in [0.25, 0.3) is 0 Å². The standard InChI is InChI=1S/C17H25NO2/c19-16-11-6-12-18(14-8-5-4-7-13(14)16)15-9-2-1-3-10-17(15)20/h4-5,7-8,15-17,19-20H,1-3,6,9-12H2. The Morgan fingerprint density at radius 2 is 1.70 bits per heavy atom. The second-order valence-corrected chi connectivity index (χ2v) is 6.18. The van der Waals surface area contributed by atoms with Crippen molar-refractivity contribution in [1.29, 1.82) is 0 Å². The van der Waals surface area contributed by atoms with Crippen molar-refractivity contribution < 1.29 is 10.2 Å². The van der Waals surface area contributed by atoms with E-state index < -0.39 is 0 Å². The van der Waals surface area contributed by atoms with Crippen LogP contribution in [0.1, 0.15) is 56.6 Å². The molecule has 2 aliphatic rings. The molecule has 1 saturated carbocycles. The molecule has 1 aromatic carbocycles. The van der Waals surface area contributed by atoms with Crippen LogP contribution in [0.15, 0.2) is 24.3 Å². The summed E-state index contributed by atoms with van der Waals surface area (Å²) in [6.45, 7) is 0.940. The number of aliphatic hydroxyl groups is 2. The molecule has 3 nitrogen and oxygen atoms in total. The van der Waals surface area contributed by atoms with E-state index in [4.69, 9.17) is 0 Å². The Morgan fingerprint density at radius 1 is 0.900 bits per heavy atom. The number of anilines is 1. The van der Waals surface area contributed by atoms with Gasteiger partial charge in [-0.3, -0.25) is 0 Å². The van der Waals surface area contributed by atoms with Crippen molar-refractivity contribution in [3.8, 4) is 0 Å². The van der Waals surface area contributed by atoms with Crippen molar-refractivity contribution in [3.63, 3.8) is 0 Å². The summed E-state index contributed by atoms with van der Waals surface area (Å²) in [7, 11) is 0. The monoisotopic (exact) mass is 275 g/mol. The first-order chi connectivity index (χ1) is 9.77. The highest BCUT2D eigenvalue weighted by Gasteiger charge is 2.31. The van der Waals surface area contributed by atoms with Gasteiger partial charge in [0.2, 0.25) is 0 Å². The summed E-state index contributed by atoms with van der Waals surface area (Å²) in [4.78, 5) is 2.36. The molecule has 3 unspecified atom stereocenters. The Balaban J connectivity index is 1.93. The molecular weight excluding hydrogens is 250 g/mol. The SMILES string of the molecule is OC1CCCN(C2CCCCCC2O)c2ccccc21. The molecule has 0 amide bonds. The van der Waals surface area contributed by atoms with E-state index in [1.165, 1.54) is 12.8 Å². The van der Waals surface area contributed by atoms with E-state index in [0.29, 0.717) is 0 Å². The van der Waals surface area contributed by atoms with Gasteiger partial charge in [0.05, 0.1) is 18.2 Å². The molecule has 1 aromatic rings. The predicted molar refractivity (Wildman–Crippen MR) is 80.9 cm³/mol. The summed E-state index contributed by atoms with van der Waals surface area (Å²) in [6, 6.07) is 8.37. The van der Waals surface area contributed by atoms with Crippen LogP contribution in [0.5, 0.6) is 0 Å². The van der Waals surface area contributed by atoms with Crippen LogP contribution >= 0.6 is 0 Å². The van der Waals surface area contributed by atoms with Crippen molar-refractivity contribution in [1.82, 2.24) is 0 Å². The third-order valence-corrected chi connectivity index (χ3v) is 4.83. The fraction of sp³-hybridized carbons (Fsp3) is 0.647. The van der Waals surface area contributed by atoms with Gasteiger partial charge in [-0.25, -0.2) is 0 Å². The molecule has 0 spiro atoms. The molecule has 2 N–H and O–H groups in total. The first kappa shape index (κ1) is 13.9. The van der Waals surface area contributed by atoms with E-state index in [9.17, 15) is 10.2 Å². The second-order valence-electron chi connectivity index (χ2n) is 6.18. The highest BCUT2D eigenvalue weighted by Crippen LogP contribution is 2.36. The molecule has 110 valence electrons. The van der Waals surface area contributed by atoms with Gasteiger partial charge in [-0.1, -0.05) is 37.5 Å². The zero-order valence-electron chi connectivity index (χ0n) is 12.0. The average molecular weight is 275 g/mol. The Labute approximate surface area is 121 Å². The van der Waals surface area contributed by atoms with Crippen LogP contribution in [0.3, 0.4) is 0 Å². The largest absolute Gasteiger partial charge is 0.391 e. The minimum Gasteiger partial charge on any atom is -0.391 e. The Morgan fingerprint density at radius 3 is 2.60 bits per heavy atom. The van der Waals surface area contributed by atoms with E-state index in [2.05, 4.69) is 11.0 Å². The maximum Gasteiger partial charge on any atom is 0.0810 e. The molecule has 20 heavy (non-hydrogen) atoms. The van der Waals surface area contributed by atoms with E-state index in [0.717, 1.165) is 49.9 Å². The predicted octanol–water partition coefficient (Wildman–Crippen LogP) is 3.01. The van der Waals surface area contributed by atoms with Crippen LogP contribution < -0.4 is 4.90 Å². The van der Waals surface area contributed by atoms with Crippen LogP contribution in [0.25, 0.3) is 0 Å². The second kappa shape index (κ2) is 6.15. The van der Waals surface area contributed by atoms with E-state index in [1.807, 2.05) is 18.2 Å². The smallest absolute Gasteiger partial charge is 0.0810 e. The minimum absolute atomic E-state index is 0.212. The van der Waals surface area contributed by atoms with Gasteiger partial charge in [0.1, 0.15) is 0 Å². The summed E-state index contributed by atoms with van der Waals surface area (Å²) < 4.78 is 0. The Hall–Kier alpha value is -1.06. The van der Waals surface area contributed by atoms with Crippen molar-refractivity contribution in [3.05, 3.63) is 29.8 Å². The summed E-state index contributed by atoms with van der Waals surface area (Å²) in [6.07, 6.45) is 6.73. The van der Waals surface area contributed by atoms with Crippen LogP contribution in [-0.2, 0) is 0 Å². The molecule has 0 bridgehead atoms. The first-order valence-corrected chi connectivity index (χ1v) is 7.99. The third kappa shape index (κ3) is 2.70. The quantitative estimate of drug-likeness (QED) is 0.774. The maximum absolute atomic E-state index is 10.5. The summed E-state index contributed by atoms with van der Waals surface area (Å²) in [5.74, 6) is 0. The number of aliphatic hydroxyl groups excluding tert-OH is 2. The molecule has 3 rings (SSSR count). The molecule has 0 radical (unpaired) electrons. The van der Waals surface area contributed by atoms with Gasteiger partial charge in [-0.05, 0) is 31.7 Å². The number of rotatable bonds is 1. The fourth-order valence-electron chi connectivity index (χ4n) is 3.74. The molecule has 1 fully saturated rings. The van der Waals surface area contributed by atoms with Gasteiger partial charge in [0, 0.05) is 17.8 Å². The van der Waals surface area contributed by atoms with Crippen LogP contribution in [0.2, 0.25) is 0 Å². The first-order valence-electron chi connectivity index (χ1n) is 7.99. The molecule has 1 aliphatic carbocycles. The average Bonchev–Trinajstić information content (AvgIpc) is 2.76. The lowest BCUT2D eigenvalue weighted by atomic mass is 10.0. The molecule has 1 aliphatic heterocycles. The Kier molecular flexibility index (Phi) is 4.27. The number of hydrogen-bond donors (Lipinski definition) is 2. The lowest BCUT2D eigenvalue weighted by molar-refractivity contribution is 0.132. The van der Waals surface area contributed by atoms with Gasteiger partial charge in [-0.15, -0.1) is 0 Å². The lowest BCUT2D eigenvalue weighted by Gasteiger charge is -2.36. The normalized spacial score (nSPS) is 31.3. The van der Waals surface area contributed by atoms with E-state index in [-0.39, 0.29) is 18.2 Å². The van der Waals surface area contributed by atoms with Crippen LogP contribution in [-0.4, -0.2) is 28.9 Å². The number of fused-ring (bicyclic) bond motifs is 1. The summed E-state index contributed by atoms with van der Waals surface area (Å²) in [5, 5.41) is 20.8. The summed E-state index contributed by atoms with van der Waals surface area (Å²) >= 11 is 0. The van der Waals surface area contributed by atoms with Crippen molar-refractivity contribution in [2.24, 2.45) is 0 Å². The molecular formula is C17H25NO2. The van der Waals surface area contributed by atoms with E-state index in [1.54, 1.807) is 0 Å². The number of benzene rings is 1. The highest BCUT2D eigenvalue weighted by molar-refractivity contribution is 5.56. The van der Waals surface area contributed by atoms with Gasteiger partial charge >= 0.3 is 0 Å². The fourth-order valence-corrected chi connectivity index (χ4v) is 3.74. The van der Waals surface area contributed by atoms with Gasteiger partial charge in [0.15, 0.2) is 0 Å². The number of nitrogens with zero attached hydrogens (tertiary/aromatic N) is 1. The highest BCUT2D eigenvalue weighted by atomic mass is 16.3. The zero-order chi connectivity index (χ0) is 13.9. The summed E-state index contributed by atoms with van der Waals surface area (Å²) in [5.41, 5.74) is 2.16. The molecule has 3 atom stereocenters. The molecule has 1 heterocycles. The van der Waals surface area contributed by atoms with Gasteiger partial charge in [-0.2, -0.15) is 0 Å². The molecule has 0 aromatic heterocycles. The maximum atomic E-state index is 10.5. The lowest BCUT2D eigenvalue weighted by Crippen LogP contribution is -2.43. The third-order valence-electron chi connectivity index (χ3n) is 4.83. The topological polar surface area (TPSA) is 43.7 Å². The van der Waals surface area contributed by atoms with Crippen LogP contribution in [0, 0.1) is 0 Å². The molecule has 0 saturated heterocycles. The van der Waals surface area contributed by atoms with Crippen molar-refractivity contribution in [2.75, 3.05) is 11.4 Å². The van der Waals surface area contributed by atoms with Crippen LogP contribution in [0.4, 0.5) is 5.69 Å². The van der Waals surface area contributed by atoms with E-state index >= 15 is 0 Å². The minimum atomic E-state index is -0.362. The Bertz CT molecular complexity index is 448. The van der Waals surface area contributed by atoms with Gasteiger partial charge < -0.3 is 15.1 Å².